The number of carboxylic acids is 1. The summed E-state index contributed by atoms with van der Waals surface area (Å²) in [6, 6.07) is 22.4. The van der Waals surface area contributed by atoms with E-state index in [1.807, 2.05) is 48.5 Å². The van der Waals surface area contributed by atoms with Crippen LogP contribution in [0.2, 0.25) is 5.02 Å². The summed E-state index contributed by atoms with van der Waals surface area (Å²) >= 11 is 6.02. The number of aryl methyl sites for hydroxylation is 1. The first kappa shape index (κ1) is 23.4. The highest BCUT2D eigenvalue weighted by Crippen LogP contribution is 2.25. The first-order valence-corrected chi connectivity index (χ1v) is 11.5. The minimum atomic E-state index is -0.797. The van der Waals surface area contributed by atoms with E-state index in [4.69, 9.17) is 26.7 Å². The maximum absolute atomic E-state index is 12.8. The van der Waals surface area contributed by atoms with Crippen LogP contribution in [0.4, 0.5) is 0 Å². The molecule has 0 spiro atoms. The number of rotatable bonds is 9. The number of fused-ring (bicyclic) bond motifs is 1. The molecular weight excluding hydrogens is 450 g/mol. The molecule has 1 amide bonds. The quantitative estimate of drug-likeness (QED) is 0.305. The van der Waals surface area contributed by atoms with Crippen molar-refractivity contribution in [1.29, 1.82) is 0 Å². The van der Waals surface area contributed by atoms with E-state index in [-0.39, 0.29) is 12.3 Å². The van der Waals surface area contributed by atoms with Crippen LogP contribution in [0.3, 0.4) is 0 Å². The molecule has 3 aromatic carbocycles. The standard InChI is InChI=1S/C27H24ClN3O3/c28-21-10-6-7-18(15-21)17-29-27(34)20-13-14-22-24(16-20)31-26(19-8-2-1-3-9-19)23(30-22)11-4-5-12-25(32)33/h1-3,6-10,13-16H,4-5,11-12,17H2,(H,29,34)(H,32,33). The second kappa shape index (κ2) is 10.9. The van der Waals surface area contributed by atoms with Crippen LogP contribution in [0.15, 0.2) is 72.8 Å². The summed E-state index contributed by atoms with van der Waals surface area (Å²) in [4.78, 5) is 33.3. The fourth-order valence-corrected chi connectivity index (χ4v) is 3.95. The van der Waals surface area contributed by atoms with Gasteiger partial charge in [0.1, 0.15) is 0 Å². The van der Waals surface area contributed by atoms with Crippen molar-refractivity contribution in [2.75, 3.05) is 0 Å². The molecule has 0 fully saturated rings. The van der Waals surface area contributed by atoms with Gasteiger partial charge in [0, 0.05) is 29.1 Å². The van der Waals surface area contributed by atoms with Gasteiger partial charge < -0.3 is 10.4 Å². The zero-order chi connectivity index (χ0) is 23.9. The lowest BCUT2D eigenvalue weighted by atomic mass is 10.0. The van der Waals surface area contributed by atoms with Gasteiger partial charge in [-0.15, -0.1) is 0 Å². The number of aromatic nitrogens is 2. The van der Waals surface area contributed by atoms with Gasteiger partial charge in [-0.25, -0.2) is 9.97 Å². The summed E-state index contributed by atoms with van der Waals surface area (Å²) in [5.74, 6) is -1.00. The summed E-state index contributed by atoms with van der Waals surface area (Å²) in [6.07, 6.45) is 2.04. The Hall–Kier alpha value is -3.77. The highest BCUT2D eigenvalue weighted by atomic mass is 35.5. The van der Waals surface area contributed by atoms with Crippen LogP contribution < -0.4 is 5.32 Å². The van der Waals surface area contributed by atoms with E-state index >= 15 is 0 Å². The van der Waals surface area contributed by atoms with E-state index in [2.05, 4.69) is 5.32 Å². The number of carbonyl (C=O) groups is 2. The zero-order valence-electron chi connectivity index (χ0n) is 18.5. The van der Waals surface area contributed by atoms with Gasteiger partial charge in [0.15, 0.2) is 0 Å². The molecule has 4 rings (SSSR count). The summed E-state index contributed by atoms with van der Waals surface area (Å²) in [5, 5.41) is 12.4. The second-order valence-corrected chi connectivity index (χ2v) is 8.44. The van der Waals surface area contributed by atoms with Crippen molar-refractivity contribution in [1.82, 2.24) is 15.3 Å². The lowest BCUT2D eigenvalue weighted by molar-refractivity contribution is -0.137. The summed E-state index contributed by atoms with van der Waals surface area (Å²) in [5.41, 5.74) is 5.24. The van der Waals surface area contributed by atoms with Crippen molar-refractivity contribution >= 4 is 34.5 Å². The summed E-state index contributed by atoms with van der Waals surface area (Å²) in [6.45, 7) is 0.369. The van der Waals surface area contributed by atoms with E-state index in [1.54, 1.807) is 24.3 Å². The molecule has 0 aliphatic carbocycles. The molecule has 4 aromatic rings. The minimum absolute atomic E-state index is 0.134. The number of benzene rings is 3. The molecule has 6 nitrogen and oxygen atoms in total. The van der Waals surface area contributed by atoms with Gasteiger partial charge in [0.25, 0.3) is 5.91 Å². The fraction of sp³-hybridized carbons (Fsp3) is 0.185. The van der Waals surface area contributed by atoms with Crippen LogP contribution in [-0.2, 0) is 17.8 Å². The number of unbranched alkanes of at least 4 members (excludes halogenated alkanes) is 1. The monoisotopic (exact) mass is 473 g/mol. The van der Waals surface area contributed by atoms with Gasteiger partial charge in [0.05, 0.1) is 22.4 Å². The van der Waals surface area contributed by atoms with Crippen molar-refractivity contribution in [3.8, 4) is 11.3 Å². The fourth-order valence-electron chi connectivity index (χ4n) is 3.73. The SMILES string of the molecule is O=C(O)CCCCc1nc2ccc(C(=O)NCc3cccc(Cl)c3)cc2nc1-c1ccccc1. The van der Waals surface area contributed by atoms with Crippen LogP contribution in [0.1, 0.15) is 40.9 Å². The van der Waals surface area contributed by atoms with E-state index in [0.29, 0.717) is 47.4 Å². The van der Waals surface area contributed by atoms with Gasteiger partial charge >= 0.3 is 5.97 Å². The molecule has 0 saturated carbocycles. The first-order valence-electron chi connectivity index (χ1n) is 11.1. The van der Waals surface area contributed by atoms with Gasteiger partial charge in [-0.3, -0.25) is 9.59 Å². The van der Waals surface area contributed by atoms with Crippen molar-refractivity contribution in [2.45, 2.75) is 32.2 Å². The third-order valence-electron chi connectivity index (χ3n) is 5.44. The number of hydrogen-bond donors (Lipinski definition) is 2. The number of aliphatic carboxylic acids is 1. The Labute approximate surface area is 202 Å². The lowest BCUT2D eigenvalue weighted by Crippen LogP contribution is -2.22. The highest BCUT2D eigenvalue weighted by molar-refractivity contribution is 6.30. The lowest BCUT2D eigenvalue weighted by Gasteiger charge is -2.11. The van der Waals surface area contributed by atoms with Gasteiger partial charge in [-0.1, -0.05) is 54.1 Å². The van der Waals surface area contributed by atoms with Crippen molar-refractivity contribution in [3.63, 3.8) is 0 Å². The van der Waals surface area contributed by atoms with E-state index in [1.165, 1.54) is 0 Å². The smallest absolute Gasteiger partial charge is 0.303 e. The van der Waals surface area contributed by atoms with E-state index in [9.17, 15) is 9.59 Å². The topological polar surface area (TPSA) is 92.2 Å². The molecule has 0 unspecified atom stereocenters. The Morgan fingerprint density at radius 3 is 2.47 bits per heavy atom. The Kier molecular flexibility index (Phi) is 7.50. The van der Waals surface area contributed by atoms with Crippen molar-refractivity contribution in [2.24, 2.45) is 0 Å². The summed E-state index contributed by atoms with van der Waals surface area (Å²) in [7, 11) is 0. The molecule has 0 aliphatic heterocycles. The molecule has 0 atom stereocenters. The molecule has 172 valence electrons. The Morgan fingerprint density at radius 1 is 0.882 bits per heavy atom. The van der Waals surface area contributed by atoms with E-state index < -0.39 is 5.97 Å². The average molecular weight is 474 g/mol. The molecule has 1 heterocycles. The Bertz CT molecular complexity index is 1330. The number of carbonyl (C=O) groups excluding carboxylic acids is 1. The number of amides is 1. The van der Waals surface area contributed by atoms with Gasteiger partial charge in [-0.05, 0) is 55.2 Å². The average Bonchev–Trinajstić information content (AvgIpc) is 2.85. The van der Waals surface area contributed by atoms with Gasteiger partial charge in [-0.2, -0.15) is 0 Å². The van der Waals surface area contributed by atoms with Crippen LogP contribution in [0.5, 0.6) is 0 Å². The highest BCUT2D eigenvalue weighted by Gasteiger charge is 2.14. The molecule has 0 radical (unpaired) electrons. The van der Waals surface area contributed by atoms with Gasteiger partial charge in [0.2, 0.25) is 0 Å². The second-order valence-electron chi connectivity index (χ2n) is 8.00. The molecular formula is C27H24ClN3O3. The maximum atomic E-state index is 12.8. The Morgan fingerprint density at radius 2 is 1.71 bits per heavy atom. The third-order valence-corrected chi connectivity index (χ3v) is 5.68. The predicted octanol–water partition coefficient (Wildman–Crippen LogP) is 5.68. The molecule has 0 saturated heterocycles. The van der Waals surface area contributed by atoms with Crippen molar-refractivity contribution < 1.29 is 14.7 Å². The minimum Gasteiger partial charge on any atom is -0.481 e. The van der Waals surface area contributed by atoms with Crippen LogP contribution in [0.25, 0.3) is 22.3 Å². The molecule has 34 heavy (non-hydrogen) atoms. The molecule has 2 N–H and O–H groups in total. The summed E-state index contributed by atoms with van der Waals surface area (Å²) < 4.78 is 0. The Balaban J connectivity index is 1.59. The largest absolute Gasteiger partial charge is 0.481 e. The number of nitrogens with one attached hydrogen (secondary N) is 1. The predicted molar refractivity (Wildman–Crippen MR) is 133 cm³/mol. The van der Waals surface area contributed by atoms with Crippen molar-refractivity contribution in [3.05, 3.63) is 94.6 Å². The number of carboxylic acid groups (broad SMARTS) is 1. The number of hydrogen-bond acceptors (Lipinski definition) is 4. The molecule has 0 aliphatic rings. The third kappa shape index (κ3) is 5.97. The van der Waals surface area contributed by atoms with E-state index in [0.717, 1.165) is 22.5 Å². The van der Waals surface area contributed by atoms with Crippen LogP contribution in [0, 0.1) is 0 Å². The van der Waals surface area contributed by atoms with Crippen LogP contribution >= 0.6 is 11.6 Å². The zero-order valence-corrected chi connectivity index (χ0v) is 19.3. The maximum Gasteiger partial charge on any atom is 0.303 e. The number of nitrogens with zero attached hydrogens (tertiary/aromatic N) is 2. The first-order chi connectivity index (χ1) is 16.5. The van der Waals surface area contributed by atoms with Crippen LogP contribution in [-0.4, -0.2) is 27.0 Å². The molecule has 1 aromatic heterocycles. The number of halogens is 1. The normalized spacial score (nSPS) is 10.9. The molecule has 7 heteroatoms. The molecule has 0 bridgehead atoms.